The van der Waals surface area contributed by atoms with Gasteiger partial charge in [-0.1, -0.05) is 0 Å². The number of hydrogen-bond acceptors (Lipinski definition) is 0. The van der Waals surface area contributed by atoms with Crippen LogP contribution in [0.2, 0.25) is 10.4 Å². The van der Waals surface area contributed by atoms with Gasteiger partial charge in [0.2, 0.25) is 0 Å². The Kier molecular flexibility index (Phi) is 10.6. The summed E-state index contributed by atoms with van der Waals surface area (Å²) < 4.78 is 7.13. The molecule has 1 fully saturated rings. The zero-order valence-electron chi connectivity index (χ0n) is 21.0. The van der Waals surface area contributed by atoms with E-state index in [4.69, 9.17) is 0 Å². The van der Waals surface area contributed by atoms with Crippen LogP contribution in [0.15, 0.2) is 121 Å². The van der Waals surface area contributed by atoms with Crippen LogP contribution >= 0.6 is 0 Å². The SMILES string of the molecule is c1ccc([As]2CCCCCCCC[As](c3ccccc3)[As](c3ccccc3)[As]2c2ccccc2)cc1. The van der Waals surface area contributed by atoms with Crippen molar-refractivity contribution in [2.24, 2.45) is 0 Å². The molecule has 4 aromatic rings. The first-order valence-corrected chi connectivity index (χ1v) is 35.3. The van der Waals surface area contributed by atoms with E-state index in [-0.39, 0.29) is 0 Å². The van der Waals surface area contributed by atoms with E-state index in [0.29, 0.717) is 0 Å². The topological polar surface area (TPSA) is 0 Å². The standard InChI is InChI=1S/C32H36As4/c1-2-4-18-28-34(30-21-11-6-12-22-30)36(32-25-15-8-16-26-32)35(31-23-13-7-14-24-31)33(27-17-3-1)29-19-9-5-10-20-29/h5-16,19-26H,1-4,17-18,27-28H2. The van der Waals surface area contributed by atoms with Gasteiger partial charge in [-0.05, 0) is 0 Å². The van der Waals surface area contributed by atoms with Crippen molar-refractivity contribution in [2.45, 2.75) is 48.9 Å². The molecular formula is C32H36As4. The Morgan fingerprint density at radius 1 is 0.306 bits per heavy atom. The molecule has 36 heavy (non-hydrogen) atoms. The van der Waals surface area contributed by atoms with Gasteiger partial charge in [-0.3, -0.25) is 0 Å². The van der Waals surface area contributed by atoms with Gasteiger partial charge >= 0.3 is 234 Å². The fraction of sp³-hybridized carbons (Fsp3) is 0.250. The summed E-state index contributed by atoms with van der Waals surface area (Å²) in [6.45, 7) is 0. The molecule has 184 valence electrons. The molecule has 5 rings (SSSR count). The first kappa shape index (κ1) is 26.7. The third-order valence-electron chi connectivity index (χ3n) is 6.71. The molecule has 0 nitrogen and oxygen atoms in total. The van der Waals surface area contributed by atoms with E-state index >= 15 is 0 Å². The summed E-state index contributed by atoms with van der Waals surface area (Å²) in [5.74, 6) is 0. The predicted octanol–water partition coefficient (Wildman–Crippen LogP) is 5.18. The molecule has 0 aliphatic carbocycles. The van der Waals surface area contributed by atoms with Crippen molar-refractivity contribution in [2.75, 3.05) is 0 Å². The van der Waals surface area contributed by atoms with Gasteiger partial charge in [0, 0.05) is 0 Å². The van der Waals surface area contributed by atoms with Crippen LogP contribution in [0, 0.1) is 0 Å². The Labute approximate surface area is 231 Å². The number of rotatable bonds is 4. The minimum atomic E-state index is -1.30. The second-order valence-corrected chi connectivity index (χ2v) is 64.7. The summed E-state index contributed by atoms with van der Waals surface area (Å²) in [5.41, 5.74) is 0. The van der Waals surface area contributed by atoms with Crippen LogP contribution in [-0.2, 0) is 0 Å². The molecule has 4 atom stereocenters. The monoisotopic (exact) mass is 720 g/mol. The molecule has 4 aromatic carbocycles. The normalized spacial score (nSPS) is 23.8. The summed E-state index contributed by atoms with van der Waals surface area (Å²) >= 11 is -2.44. The van der Waals surface area contributed by atoms with Crippen molar-refractivity contribution in [1.82, 2.24) is 0 Å². The van der Waals surface area contributed by atoms with Gasteiger partial charge in [-0.15, -0.1) is 0 Å². The maximum absolute atomic E-state index is 2.55. The molecule has 0 amide bonds. The summed E-state index contributed by atoms with van der Waals surface area (Å²) in [6, 6.07) is 47.9. The molecule has 1 aliphatic rings. The predicted molar refractivity (Wildman–Crippen MR) is 165 cm³/mol. The first-order valence-electron chi connectivity index (χ1n) is 13.3. The van der Waals surface area contributed by atoms with Crippen LogP contribution in [0.25, 0.3) is 0 Å². The minimum absolute atomic E-state index is 1.22. The molecule has 1 heterocycles. The van der Waals surface area contributed by atoms with Gasteiger partial charge in [0.25, 0.3) is 0 Å². The molecule has 0 spiro atoms. The average Bonchev–Trinajstić information content (AvgIpc) is 2.95. The second-order valence-electron chi connectivity index (χ2n) is 9.29. The molecular weight excluding hydrogens is 684 g/mol. The van der Waals surface area contributed by atoms with E-state index in [2.05, 4.69) is 121 Å². The summed E-state index contributed by atoms with van der Waals surface area (Å²) in [4.78, 5) is 0. The third kappa shape index (κ3) is 6.95. The van der Waals surface area contributed by atoms with Gasteiger partial charge in [0.15, 0.2) is 0 Å². The molecule has 1 saturated heterocycles. The molecule has 0 saturated carbocycles. The molecule has 0 bridgehead atoms. The van der Waals surface area contributed by atoms with Crippen molar-refractivity contribution in [3.8, 4) is 0 Å². The van der Waals surface area contributed by atoms with Gasteiger partial charge in [-0.25, -0.2) is 0 Å². The Hall–Kier alpha value is -0.886. The molecule has 0 aromatic heterocycles. The molecule has 4 heteroatoms. The van der Waals surface area contributed by atoms with Crippen LogP contribution < -0.4 is 17.4 Å². The van der Waals surface area contributed by atoms with Crippen molar-refractivity contribution in [3.63, 3.8) is 0 Å². The molecule has 4 unspecified atom stereocenters. The van der Waals surface area contributed by atoms with E-state index in [1.54, 1.807) is 17.4 Å². The number of benzene rings is 4. The Morgan fingerprint density at radius 3 is 0.917 bits per heavy atom. The van der Waals surface area contributed by atoms with E-state index < -0.39 is 46.2 Å². The Bertz CT molecular complexity index is 1060. The summed E-state index contributed by atoms with van der Waals surface area (Å²) in [7, 11) is -2.59. The number of hydrogen-bond donors (Lipinski definition) is 0. The molecule has 0 radical (unpaired) electrons. The first-order chi connectivity index (χ1) is 17.9. The maximum atomic E-state index is 2.55. The van der Waals surface area contributed by atoms with Gasteiger partial charge in [0.05, 0.1) is 0 Å². The van der Waals surface area contributed by atoms with Crippen LogP contribution in [-0.4, -0.2) is 46.2 Å². The second kappa shape index (κ2) is 14.3. The quantitative estimate of drug-likeness (QED) is 0.255. The zero-order valence-corrected chi connectivity index (χ0v) is 28.5. The van der Waals surface area contributed by atoms with Crippen molar-refractivity contribution in [1.29, 1.82) is 0 Å². The molecule has 0 N–H and O–H groups in total. The van der Waals surface area contributed by atoms with Crippen LogP contribution in [0.5, 0.6) is 0 Å². The van der Waals surface area contributed by atoms with E-state index in [1.807, 2.05) is 0 Å². The third-order valence-corrected chi connectivity index (χ3v) is 115. The van der Waals surface area contributed by atoms with E-state index in [0.717, 1.165) is 0 Å². The Balaban J connectivity index is 1.72. The van der Waals surface area contributed by atoms with E-state index in [9.17, 15) is 0 Å². The molecule has 1 aliphatic heterocycles. The van der Waals surface area contributed by atoms with Crippen molar-refractivity contribution in [3.05, 3.63) is 121 Å². The summed E-state index contributed by atoms with van der Waals surface area (Å²) in [6.07, 6.45) is 8.65. The van der Waals surface area contributed by atoms with Gasteiger partial charge in [-0.2, -0.15) is 0 Å². The van der Waals surface area contributed by atoms with E-state index in [1.165, 1.54) is 48.9 Å². The van der Waals surface area contributed by atoms with Crippen LogP contribution in [0.3, 0.4) is 0 Å². The van der Waals surface area contributed by atoms with Crippen LogP contribution in [0.1, 0.15) is 38.5 Å². The fourth-order valence-electron chi connectivity index (χ4n) is 4.92. The fourth-order valence-corrected chi connectivity index (χ4v) is 166. The average molecular weight is 720 g/mol. The van der Waals surface area contributed by atoms with Gasteiger partial charge in [0.1, 0.15) is 0 Å². The van der Waals surface area contributed by atoms with Crippen molar-refractivity contribution < 1.29 is 0 Å². The Morgan fingerprint density at radius 2 is 0.583 bits per heavy atom. The van der Waals surface area contributed by atoms with Crippen molar-refractivity contribution >= 4 is 63.6 Å². The van der Waals surface area contributed by atoms with Gasteiger partial charge < -0.3 is 0 Å². The zero-order chi connectivity index (χ0) is 24.4. The van der Waals surface area contributed by atoms with Crippen LogP contribution in [0.4, 0.5) is 0 Å². The summed E-state index contributed by atoms with van der Waals surface area (Å²) in [5, 5.41) is 3.03.